The summed E-state index contributed by atoms with van der Waals surface area (Å²) in [5.74, 6) is 4.46. The highest BCUT2D eigenvalue weighted by Crippen LogP contribution is 2.41. The molecule has 158 valence electrons. The summed E-state index contributed by atoms with van der Waals surface area (Å²) in [5.41, 5.74) is 9.03. The number of aryl methyl sites for hydroxylation is 2. The van der Waals surface area contributed by atoms with E-state index in [1.165, 1.54) is 5.56 Å². The summed E-state index contributed by atoms with van der Waals surface area (Å²) in [7, 11) is -0.101. The lowest BCUT2D eigenvalue weighted by molar-refractivity contribution is 0.0543. The van der Waals surface area contributed by atoms with E-state index in [4.69, 9.17) is 14.2 Å². The van der Waals surface area contributed by atoms with Crippen LogP contribution in [-0.4, -0.2) is 41.6 Å². The van der Waals surface area contributed by atoms with Gasteiger partial charge in [0, 0.05) is 7.11 Å². The van der Waals surface area contributed by atoms with E-state index in [0.717, 1.165) is 16.9 Å². The molecule has 1 aromatic carbocycles. The summed E-state index contributed by atoms with van der Waals surface area (Å²) in [6.45, 7) is 20.5. The maximum absolute atomic E-state index is 6.10. The van der Waals surface area contributed by atoms with Crippen LogP contribution in [0.4, 0.5) is 0 Å². The van der Waals surface area contributed by atoms with Crippen molar-refractivity contribution in [2.75, 3.05) is 33.5 Å². The molecule has 1 rings (SSSR count). The molecular weight excluding hydrogens is 364 g/mol. The SMILES string of the molecule is COCCOCCOc1c(C)cc(C)cc1C#C[Si](C(C)C)(C(C)C)C(C)C. The zero-order chi connectivity index (χ0) is 21.3. The van der Waals surface area contributed by atoms with Gasteiger partial charge in [-0.1, -0.05) is 53.5 Å². The van der Waals surface area contributed by atoms with Gasteiger partial charge in [0.1, 0.15) is 20.4 Å². The zero-order valence-corrected chi connectivity index (χ0v) is 20.4. The second-order valence-corrected chi connectivity index (χ2v) is 14.1. The molecule has 0 N–H and O–H groups in total. The summed E-state index contributed by atoms with van der Waals surface area (Å²) in [4.78, 5) is 0. The van der Waals surface area contributed by atoms with Crippen LogP contribution >= 0.6 is 0 Å². The number of rotatable bonds is 10. The Labute approximate surface area is 174 Å². The van der Waals surface area contributed by atoms with Crippen LogP contribution in [0.3, 0.4) is 0 Å². The lowest BCUT2D eigenvalue weighted by atomic mass is 10.1. The molecular formula is C24H40O3Si. The standard InChI is InChI=1S/C24H40O3Si/c1-18(2)28(19(3)4,20(5)6)15-10-23-17-21(7)16-22(8)24(23)27-14-13-26-12-11-25-9/h16-20H,11-14H2,1-9H3. The average Bonchev–Trinajstić information content (AvgIpc) is 2.59. The van der Waals surface area contributed by atoms with Crippen LogP contribution in [0.15, 0.2) is 12.1 Å². The van der Waals surface area contributed by atoms with Crippen molar-refractivity contribution >= 4 is 8.07 Å². The Kier molecular flexibility index (Phi) is 10.3. The quantitative estimate of drug-likeness (QED) is 0.275. The number of benzene rings is 1. The molecule has 0 unspecified atom stereocenters. The molecule has 4 heteroatoms. The highest BCUT2D eigenvalue weighted by Gasteiger charge is 2.41. The van der Waals surface area contributed by atoms with Gasteiger partial charge in [-0.3, -0.25) is 0 Å². The van der Waals surface area contributed by atoms with Gasteiger partial charge in [-0.15, -0.1) is 5.54 Å². The third kappa shape index (κ3) is 6.37. The highest BCUT2D eigenvalue weighted by atomic mass is 28.3. The molecule has 0 fully saturated rings. The molecule has 0 spiro atoms. The van der Waals surface area contributed by atoms with Gasteiger partial charge in [-0.2, -0.15) is 0 Å². The van der Waals surface area contributed by atoms with Crippen molar-refractivity contribution in [2.24, 2.45) is 0 Å². The predicted molar refractivity (Wildman–Crippen MR) is 122 cm³/mol. The van der Waals surface area contributed by atoms with Gasteiger partial charge >= 0.3 is 0 Å². The first-order chi connectivity index (χ1) is 13.2. The fourth-order valence-electron chi connectivity index (χ4n) is 4.29. The first-order valence-electron chi connectivity index (χ1n) is 10.5. The molecule has 0 aromatic heterocycles. The fourth-order valence-corrected chi connectivity index (χ4v) is 9.51. The minimum absolute atomic E-state index is 0.517. The Bertz CT molecular complexity index is 647. The molecule has 0 bridgehead atoms. The molecule has 28 heavy (non-hydrogen) atoms. The molecule has 0 heterocycles. The molecule has 3 nitrogen and oxygen atoms in total. The minimum atomic E-state index is -1.78. The van der Waals surface area contributed by atoms with E-state index < -0.39 is 8.07 Å². The molecule has 0 atom stereocenters. The van der Waals surface area contributed by atoms with Gasteiger partial charge in [-0.25, -0.2) is 0 Å². The van der Waals surface area contributed by atoms with Crippen LogP contribution in [-0.2, 0) is 9.47 Å². The number of ether oxygens (including phenoxy) is 3. The summed E-state index contributed by atoms with van der Waals surface area (Å²) in [5, 5.41) is 0. The Hall–Kier alpha value is -1.28. The van der Waals surface area contributed by atoms with Gasteiger partial charge in [0.05, 0.1) is 25.4 Å². The van der Waals surface area contributed by atoms with Crippen LogP contribution in [0.5, 0.6) is 5.75 Å². The van der Waals surface area contributed by atoms with E-state index in [2.05, 4.69) is 79.0 Å². The number of methoxy groups -OCH3 is 1. The fraction of sp³-hybridized carbons (Fsp3) is 0.667. The largest absolute Gasteiger partial charge is 0.490 e. The van der Waals surface area contributed by atoms with E-state index in [-0.39, 0.29) is 0 Å². The van der Waals surface area contributed by atoms with Crippen molar-refractivity contribution in [3.63, 3.8) is 0 Å². The average molecular weight is 405 g/mol. The van der Waals surface area contributed by atoms with Crippen molar-refractivity contribution in [1.29, 1.82) is 0 Å². The van der Waals surface area contributed by atoms with Crippen LogP contribution in [0.25, 0.3) is 0 Å². The second-order valence-electron chi connectivity index (χ2n) is 8.56. The van der Waals surface area contributed by atoms with Crippen molar-refractivity contribution in [3.8, 4) is 17.2 Å². The second kappa shape index (κ2) is 11.7. The van der Waals surface area contributed by atoms with E-state index in [9.17, 15) is 0 Å². The van der Waals surface area contributed by atoms with Gasteiger partial charge in [-0.05, 0) is 47.7 Å². The Morgan fingerprint density at radius 1 is 0.857 bits per heavy atom. The maximum atomic E-state index is 6.10. The topological polar surface area (TPSA) is 27.7 Å². The Balaban J connectivity index is 3.15. The molecule has 0 radical (unpaired) electrons. The van der Waals surface area contributed by atoms with Gasteiger partial charge < -0.3 is 14.2 Å². The van der Waals surface area contributed by atoms with E-state index >= 15 is 0 Å². The molecule has 0 aliphatic carbocycles. The summed E-state index contributed by atoms with van der Waals surface area (Å²) in [6, 6.07) is 4.31. The highest BCUT2D eigenvalue weighted by molar-refractivity contribution is 6.90. The molecule has 1 aromatic rings. The summed E-state index contributed by atoms with van der Waals surface area (Å²) in [6.07, 6.45) is 0. The number of hydrogen-bond acceptors (Lipinski definition) is 3. The van der Waals surface area contributed by atoms with Gasteiger partial charge in [0.25, 0.3) is 0 Å². The third-order valence-corrected chi connectivity index (χ3v) is 11.9. The summed E-state index contributed by atoms with van der Waals surface area (Å²) < 4.78 is 16.6. The zero-order valence-electron chi connectivity index (χ0n) is 19.4. The maximum Gasteiger partial charge on any atom is 0.146 e. The van der Waals surface area contributed by atoms with Gasteiger partial charge in [0.15, 0.2) is 0 Å². The Morgan fingerprint density at radius 3 is 1.96 bits per heavy atom. The smallest absolute Gasteiger partial charge is 0.146 e. The molecule has 0 aliphatic rings. The molecule has 0 amide bonds. The van der Waals surface area contributed by atoms with Crippen molar-refractivity contribution < 1.29 is 14.2 Å². The van der Waals surface area contributed by atoms with E-state index in [0.29, 0.717) is 43.1 Å². The lowest BCUT2D eigenvalue weighted by Gasteiger charge is -2.38. The predicted octanol–water partition coefficient (Wildman–Crippen LogP) is 5.91. The summed E-state index contributed by atoms with van der Waals surface area (Å²) >= 11 is 0. The van der Waals surface area contributed by atoms with Crippen LogP contribution in [0, 0.1) is 25.3 Å². The lowest BCUT2D eigenvalue weighted by Crippen LogP contribution is -2.43. The van der Waals surface area contributed by atoms with Gasteiger partial charge in [0.2, 0.25) is 0 Å². The monoisotopic (exact) mass is 404 g/mol. The molecule has 0 saturated heterocycles. The first kappa shape index (κ1) is 24.8. The van der Waals surface area contributed by atoms with Crippen molar-refractivity contribution in [3.05, 3.63) is 28.8 Å². The van der Waals surface area contributed by atoms with Crippen LogP contribution in [0.1, 0.15) is 58.2 Å². The van der Waals surface area contributed by atoms with Crippen molar-refractivity contribution in [2.45, 2.75) is 72.0 Å². The van der Waals surface area contributed by atoms with Crippen molar-refractivity contribution in [1.82, 2.24) is 0 Å². The first-order valence-corrected chi connectivity index (χ1v) is 12.7. The van der Waals surface area contributed by atoms with E-state index in [1.54, 1.807) is 7.11 Å². The van der Waals surface area contributed by atoms with Crippen LogP contribution in [0.2, 0.25) is 16.6 Å². The van der Waals surface area contributed by atoms with E-state index in [1.807, 2.05) is 0 Å². The Morgan fingerprint density at radius 2 is 1.43 bits per heavy atom. The molecule has 0 saturated carbocycles. The number of hydrogen-bond donors (Lipinski definition) is 0. The molecule has 0 aliphatic heterocycles. The minimum Gasteiger partial charge on any atom is -0.490 e. The normalized spacial score (nSPS) is 11.9. The van der Waals surface area contributed by atoms with Crippen LogP contribution < -0.4 is 4.74 Å². The third-order valence-electron chi connectivity index (χ3n) is 5.60.